The van der Waals surface area contributed by atoms with Crippen molar-refractivity contribution in [3.05, 3.63) is 39.0 Å². The van der Waals surface area contributed by atoms with Gasteiger partial charge in [-0.3, -0.25) is 13.9 Å². The Hall–Kier alpha value is -2.08. The van der Waals surface area contributed by atoms with E-state index in [1.165, 1.54) is 21.3 Å². The molecule has 0 aliphatic carbocycles. The van der Waals surface area contributed by atoms with Crippen molar-refractivity contribution < 1.29 is 5.11 Å². The number of phenolic OH excluding ortho intramolecular Hbond substituents is 1. The third kappa shape index (κ3) is 2.35. The van der Waals surface area contributed by atoms with Crippen LogP contribution in [0.1, 0.15) is 25.3 Å². The Bertz CT molecular complexity index is 783. The number of hydrogen-bond acceptors (Lipinski definition) is 4. The van der Waals surface area contributed by atoms with Crippen molar-refractivity contribution in [3.8, 4) is 5.75 Å². The molecule has 3 rings (SSSR count). The Morgan fingerprint density at radius 3 is 2.90 bits per heavy atom. The van der Waals surface area contributed by atoms with Gasteiger partial charge in [-0.15, -0.1) is 0 Å². The first-order valence-corrected chi connectivity index (χ1v) is 7.24. The van der Waals surface area contributed by atoms with Crippen LogP contribution in [0.5, 0.6) is 5.75 Å². The van der Waals surface area contributed by atoms with E-state index in [0.29, 0.717) is 17.4 Å². The maximum atomic E-state index is 12.7. The zero-order valence-electron chi connectivity index (χ0n) is 12.0. The molecule has 2 aromatic rings. The molecule has 0 spiro atoms. The largest absolute Gasteiger partial charge is 0.508 e. The van der Waals surface area contributed by atoms with E-state index in [4.69, 9.17) is 0 Å². The molecule has 21 heavy (non-hydrogen) atoms. The highest BCUT2D eigenvalue weighted by molar-refractivity contribution is 5.79. The third-order valence-electron chi connectivity index (χ3n) is 4.17. The molecule has 1 aliphatic heterocycles. The van der Waals surface area contributed by atoms with E-state index in [1.807, 2.05) is 0 Å². The van der Waals surface area contributed by atoms with Gasteiger partial charge in [-0.25, -0.2) is 4.79 Å². The summed E-state index contributed by atoms with van der Waals surface area (Å²) in [5, 5.41) is 13.3. The number of aromatic hydroxyl groups is 1. The predicted molar refractivity (Wildman–Crippen MR) is 80.9 cm³/mol. The lowest BCUT2D eigenvalue weighted by molar-refractivity contribution is 0.426. The van der Waals surface area contributed by atoms with Crippen LogP contribution in [-0.2, 0) is 7.05 Å². The van der Waals surface area contributed by atoms with E-state index in [9.17, 15) is 14.7 Å². The lowest BCUT2D eigenvalue weighted by Crippen LogP contribution is -2.43. The van der Waals surface area contributed by atoms with Crippen LogP contribution in [-0.4, -0.2) is 27.3 Å². The summed E-state index contributed by atoms with van der Waals surface area (Å²) in [4.78, 5) is 25.2. The van der Waals surface area contributed by atoms with E-state index < -0.39 is 0 Å². The predicted octanol–water partition coefficient (Wildman–Crippen LogP) is 0.720. The van der Waals surface area contributed by atoms with E-state index in [1.54, 1.807) is 13.1 Å². The fourth-order valence-corrected chi connectivity index (χ4v) is 3.01. The fourth-order valence-electron chi connectivity index (χ4n) is 3.01. The van der Waals surface area contributed by atoms with Crippen molar-refractivity contribution in [1.82, 2.24) is 14.5 Å². The summed E-state index contributed by atoms with van der Waals surface area (Å²) in [6.45, 7) is 1.54. The van der Waals surface area contributed by atoms with Gasteiger partial charge in [-0.1, -0.05) is 6.42 Å². The van der Waals surface area contributed by atoms with Gasteiger partial charge in [0.05, 0.1) is 16.9 Å². The standard InChI is InChI=1S/C15H19N3O3/c1-17-13-6-5-11(19)8-12(13)14(20)18(15(17)21)10-4-2-3-7-16-9-10/h5-6,8,10,16,19H,2-4,7,9H2,1H3. The molecule has 1 saturated heterocycles. The molecule has 1 aromatic carbocycles. The van der Waals surface area contributed by atoms with Crippen LogP contribution in [0.2, 0.25) is 0 Å². The second kappa shape index (κ2) is 5.37. The van der Waals surface area contributed by atoms with Crippen molar-refractivity contribution in [3.63, 3.8) is 0 Å². The molecule has 2 N–H and O–H groups in total. The highest BCUT2D eigenvalue weighted by Gasteiger charge is 2.20. The molecule has 1 fully saturated rings. The average molecular weight is 289 g/mol. The monoisotopic (exact) mass is 289 g/mol. The molecule has 0 saturated carbocycles. The van der Waals surface area contributed by atoms with Gasteiger partial charge in [0.15, 0.2) is 0 Å². The summed E-state index contributed by atoms with van der Waals surface area (Å²) >= 11 is 0. The molecule has 1 unspecified atom stereocenters. The fraction of sp³-hybridized carbons (Fsp3) is 0.467. The van der Waals surface area contributed by atoms with Gasteiger partial charge in [-0.05, 0) is 37.6 Å². The van der Waals surface area contributed by atoms with Crippen LogP contribution < -0.4 is 16.6 Å². The number of benzene rings is 1. The molecular weight excluding hydrogens is 270 g/mol. The average Bonchev–Trinajstić information content (AvgIpc) is 2.74. The number of fused-ring (bicyclic) bond motifs is 1. The quantitative estimate of drug-likeness (QED) is 0.811. The first-order chi connectivity index (χ1) is 10.1. The number of nitrogens with one attached hydrogen (secondary N) is 1. The molecule has 112 valence electrons. The molecule has 0 amide bonds. The summed E-state index contributed by atoms with van der Waals surface area (Å²) in [5.41, 5.74) is -0.0785. The van der Waals surface area contributed by atoms with Crippen molar-refractivity contribution in [1.29, 1.82) is 0 Å². The van der Waals surface area contributed by atoms with Crippen molar-refractivity contribution in [2.45, 2.75) is 25.3 Å². The Labute approximate surface area is 121 Å². The Morgan fingerprint density at radius 1 is 1.29 bits per heavy atom. The molecule has 0 bridgehead atoms. The highest BCUT2D eigenvalue weighted by atomic mass is 16.3. The van der Waals surface area contributed by atoms with Crippen molar-refractivity contribution in [2.75, 3.05) is 13.1 Å². The molecule has 1 aromatic heterocycles. The summed E-state index contributed by atoms with van der Waals surface area (Å²) < 4.78 is 2.81. The van der Waals surface area contributed by atoms with Crippen LogP contribution in [0.25, 0.3) is 10.9 Å². The van der Waals surface area contributed by atoms with Crippen molar-refractivity contribution in [2.24, 2.45) is 7.05 Å². The van der Waals surface area contributed by atoms with Gasteiger partial charge in [0.1, 0.15) is 5.75 Å². The third-order valence-corrected chi connectivity index (χ3v) is 4.17. The molecule has 2 heterocycles. The number of rotatable bonds is 1. The van der Waals surface area contributed by atoms with Crippen LogP contribution >= 0.6 is 0 Å². The second-order valence-electron chi connectivity index (χ2n) is 5.57. The van der Waals surface area contributed by atoms with Gasteiger partial charge >= 0.3 is 5.69 Å². The SMILES string of the molecule is Cn1c(=O)n(C2CCCCNC2)c(=O)c2cc(O)ccc21. The van der Waals surface area contributed by atoms with Gasteiger partial charge in [-0.2, -0.15) is 0 Å². The first kappa shape index (κ1) is 13.9. The molecule has 6 heteroatoms. The minimum Gasteiger partial charge on any atom is -0.508 e. The molecule has 1 aliphatic rings. The highest BCUT2D eigenvalue weighted by Crippen LogP contribution is 2.18. The summed E-state index contributed by atoms with van der Waals surface area (Å²) in [5.74, 6) is 0.0313. The number of nitrogens with zero attached hydrogens (tertiary/aromatic N) is 2. The van der Waals surface area contributed by atoms with E-state index in [-0.39, 0.29) is 23.0 Å². The van der Waals surface area contributed by atoms with E-state index in [0.717, 1.165) is 25.8 Å². The summed E-state index contributed by atoms with van der Waals surface area (Å²) in [6.07, 6.45) is 2.86. The minimum atomic E-state index is -0.322. The van der Waals surface area contributed by atoms with Gasteiger partial charge in [0.25, 0.3) is 5.56 Å². The lowest BCUT2D eigenvalue weighted by Gasteiger charge is -2.19. The van der Waals surface area contributed by atoms with Gasteiger partial charge < -0.3 is 10.4 Å². The summed E-state index contributed by atoms with van der Waals surface area (Å²) in [6, 6.07) is 4.38. The normalized spacial score (nSPS) is 19.6. The van der Waals surface area contributed by atoms with E-state index >= 15 is 0 Å². The van der Waals surface area contributed by atoms with Crippen molar-refractivity contribution >= 4 is 10.9 Å². The number of phenols is 1. The minimum absolute atomic E-state index is 0.0313. The topological polar surface area (TPSA) is 76.3 Å². The van der Waals surface area contributed by atoms with E-state index in [2.05, 4.69) is 5.32 Å². The smallest absolute Gasteiger partial charge is 0.331 e. The number of aromatic nitrogens is 2. The molecular formula is C15H19N3O3. The van der Waals surface area contributed by atoms with Crippen LogP contribution in [0.15, 0.2) is 27.8 Å². The Morgan fingerprint density at radius 2 is 2.10 bits per heavy atom. The van der Waals surface area contributed by atoms with Gasteiger partial charge in [0.2, 0.25) is 0 Å². The molecule has 1 atom stereocenters. The van der Waals surface area contributed by atoms with Gasteiger partial charge in [0, 0.05) is 13.6 Å². The second-order valence-corrected chi connectivity index (χ2v) is 5.57. The van der Waals surface area contributed by atoms with Crippen LogP contribution in [0, 0.1) is 0 Å². The maximum Gasteiger partial charge on any atom is 0.331 e. The zero-order valence-corrected chi connectivity index (χ0v) is 12.0. The Kier molecular flexibility index (Phi) is 3.55. The lowest BCUT2D eigenvalue weighted by atomic mass is 10.1. The zero-order chi connectivity index (χ0) is 15.0. The first-order valence-electron chi connectivity index (χ1n) is 7.24. The Balaban J connectivity index is 2.27. The number of aryl methyl sites for hydroxylation is 1. The molecule has 6 nitrogen and oxygen atoms in total. The summed E-state index contributed by atoms with van der Waals surface area (Å²) in [7, 11) is 1.65. The van der Waals surface area contributed by atoms with Crippen LogP contribution in [0.3, 0.4) is 0 Å². The number of hydrogen-bond donors (Lipinski definition) is 2. The van der Waals surface area contributed by atoms with Crippen LogP contribution in [0.4, 0.5) is 0 Å². The molecule has 0 radical (unpaired) electrons. The maximum absolute atomic E-state index is 12.7.